The number of benzene rings is 2. The molecule has 0 aliphatic carbocycles. The Kier molecular flexibility index (Phi) is 9.24. The molecule has 2 aliphatic heterocycles. The molecule has 8 heteroatoms. The van der Waals surface area contributed by atoms with E-state index in [4.69, 9.17) is 4.74 Å². The van der Waals surface area contributed by atoms with E-state index in [1.165, 1.54) is 0 Å². The molecule has 3 heterocycles. The minimum atomic E-state index is -0.957. The smallest absolute Gasteiger partial charge is 0.252 e. The van der Waals surface area contributed by atoms with Crippen molar-refractivity contribution in [2.24, 2.45) is 0 Å². The molecule has 3 aromatic rings. The SMILES string of the molecule is CCN(c1cc(-c2ccc(CN3CC(F)C3)cc2)cc(C(O)NCc2c(C)cc(C)[nH]c2=O)c1C)C1CCOCC1. The molecule has 3 N–H and O–H groups in total. The van der Waals surface area contributed by atoms with E-state index in [2.05, 4.69) is 70.3 Å². The maximum Gasteiger partial charge on any atom is 0.252 e. The van der Waals surface area contributed by atoms with Crippen LogP contribution in [0.2, 0.25) is 0 Å². The lowest BCUT2D eigenvalue weighted by Gasteiger charge is -2.37. The second-order valence-corrected chi connectivity index (χ2v) is 11.6. The second-order valence-electron chi connectivity index (χ2n) is 11.6. The van der Waals surface area contributed by atoms with Crippen LogP contribution < -0.4 is 15.8 Å². The van der Waals surface area contributed by atoms with E-state index in [0.29, 0.717) is 24.7 Å². The predicted molar refractivity (Wildman–Crippen MR) is 162 cm³/mol. The van der Waals surface area contributed by atoms with Crippen LogP contribution in [0.15, 0.2) is 47.3 Å². The van der Waals surface area contributed by atoms with E-state index >= 15 is 0 Å². The summed E-state index contributed by atoms with van der Waals surface area (Å²) in [7, 11) is 0. The first-order valence-corrected chi connectivity index (χ1v) is 14.8. The summed E-state index contributed by atoms with van der Waals surface area (Å²) in [4.78, 5) is 20.0. The van der Waals surface area contributed by atoms with Gasteiger partial charge in [0, 0.05) is 74.5 Å². The second kappa shape index (κ2) is 12.9. The quantitative estimate of drug-likeness (QED) is 0.305. The first kappa shape index (κ1) is 29.5. The normalized spacial score (nSPS) is 17.4. The fourth-order valence-corrected chi connectivity index (χ4v) is 6.20. The maximum absolute atomic E-state index is 13.3. The van der Waals surface area contributed by atoms with Gasteiger partial charge in [0.05, 0.1) is 0 Å². The average molecular weight is 563 g/mol. The van der Waals surface area contributed by atoms with Crippen molar-refractivity contribution in [2.45, 2.75) is 72.1 Å². The number of nitrogens with one attached hydrogen (secondary N) is 2. The number of hydrogen-bond acceptors (Lipinski definition) is 6. The van der Waals surface area contributed by atoms with E-state index in [-0.39, 0.29) is 12.1 Å². The van der Waals surface area contributed by atoms with Gasteiger partial charge in [-0.3, -0.25) is 15.0 Å². The minimum absolute atomic E-state index is 0.134. The van der Waals surface area contributed by atoms with E-state index < -0.39 is 12.4 Å². The third-order valence-corrected chi connectivity index (χ3v) is 8.57. The molecule has 7 nitrogen and oxygen atoms in total. The Bertz CT molecular complexity index is 1390. The van der Waals surface area contributed by atoms with Crippen LogP contribution >= 0.6 is 0 Å². The topological polar surface area (TPSA) is 80.8 Å². The monoisotopic (exact) mass is 562 g/mol. The van der Waals surface area contributed by atoms with Crippen molar-refractivity contribution >= 4 is 5.69 Å². The fraction of sp³-hybridized carbons (Fsp3) is 0.485. The highest BCUT2D eigenvalue weighted by Crippen LogP contribution is 2.36. The molecular weight excluding hydrogens is 519 g/mol. The number of aromatic amines is 1. The number of halogens is 1. The lowest BCUT2D eigenvalue weighted by Crippen LogP contribution is -2.47. The van der Waals surface area contributed by atoms with E-state index in [1.54, 1.807) is 0 Å². The van der Waals surface area contributed by atoms with Crippen LogP contribution in [0.25, 0.3) is 11.1 Å². The highest BCUT2D eigenvalue weighted by atomic mass is 19.1. The van der Waals surface area contributed by atoms with Gasteiger partial charge in [-0.15, -0.1) is 0 Å². The number of aliphatic hydroxyl groups excluding tert-OH is 1. The Hall–Kier alpha value is -3.04. The summed E-state index contributed by atoms with van der Waals surface area (Å²) in [6.45, 7) is 12.4. The van der Waals surface area contributed by atoms with Crippen molar-refractivity contribution in [3.63, 3.8) is 0 Å². The number of hydrogen-bond donors (Lipinski definition) is 3. The maximum atomic E-state index is 13.3. The number of anilines is 1. The Morgan fingerprint density at radius 2 is 1.80 bits per heavy atom. The molecule has 0 saturated carbocycles. The molecule has 2 saturated heterocycles. The van der Waals surface area contributed by atoms with Gasteiger partial charge in [-0.1, -0.05) is 24.3 Å². The van der Waals surface area contributed by atoms with Gasteiger partial charge in [-0.25, -0.2) is 4.39 Å². The summed E-state index contributed by atoms with van der Waals surface area (Å²) in [5, 5.41) is 14.7. The number of alkyl halides is 1. The summed E-state index contributed by atoms with van der Waals surface area (Å²) in [6.07, 6.45) is 0.271. The fourth-order valence-electron chi connectivity index (χ4n) is 6.20. The molecular formula is C33H43FN4O3. The molecule has 2 fully saturated rings. The van der Waals surface area contributed by atoms with Crippen LogP contribution in [0.1, 0.15) is 59.5 Å². The lowest BCUT2D eigenvalue weighted by atomic mass is 9.94. The van der Waals surface area contributed by atoms with Gasteiger partial charge in [0.2, 0.25) is 0 Å². The van der Waals surface area contributed by atoms with Crippen LogP contribution in [0.3, 0.4) is 0 Å². The van der Waals surface area contributed by atoms with Crippen molar-refractivity contribution < 1.29 is 14.2 Å². The molecule has 0 bridgehead atoms. The lowest BCUT2D eigenvalue weighted by molar-refractivity contribution is 0.0591. The number of H-pyrrole nitrogens is 1. The van der Waals surface area contributed by atoms with E-state index in [0.717, 1.165) is 83.9 Å². The number of rotatable bonds is 10. The Balaban J connectivity index is 1.46. The number of nitrogens with zero attached hydrogens (tertiary/aromatic N) is 2. The summed E-state index contributed by atoms with van der Waals surface area (Å²) >= 11 is 0. The molecule has 2 aromatic carbocycles. The van der Waals surface area contributed by atoms with E-state index in [9.17, 15) is 14.3 Å². The van der Waals surface area contributed by atoms with Gasteiger partial charge in [0.15, 0.2) is 0 Å². The van der Waals surface area contributed by atoms with Crippen molar-refractivity contribution in [3.05, 3.63) is 86.3 Å². The number of aryl methyl sites for hydroxylation is 2. The predicted octanol–water partition coefficient (Wildman–Crippen LogP) is 4.91. The molecule has 41 heavy (non-hydrogen) atoms. The number of ether oxygens (including phenoxy) is 1. The molecule has 0 radical (unpaired) electrons. The molecule has 1 aromatic heterocycles. The van der Waals surface area contributed by atoms with Crippen LogP contribution in [-0.2, 0) is 17.8 Å². The molecule has 1 unspecified atom stereocenters. The Labute approximate surface area is 242 Å². The number of likely N-dealkylation sites (tertiary alicyclic amines) is 1. The van der Waals surface area contributed by atoms with Gasteiger partial charge in [0.25, 0.3) is 5.56 Å². The zero-order valence-electron chi connectivity index (χ0n) is 24.7. The van der Waals surface area contributed by atoms with Gasteiger partial charge in [0.1, 0.15) is 12.4 Å². The van der Waals surface area contributed by atoms with Gasteiger partial charge < -0.3 is 19.7 Å². The Morgan fingerprint density at radius 3 is 2.44 bits per heavy atom. The molecule has 2 aliphatic rings. The van der Waals surface area contributed by atoms with Crippen molar-refractivity contribution in [2.75, 3.05) is 37.7 Å². The zero-order chi connectivity index (χ0) is 29.1. The van der Waals surface area contributed by atoms with Crippen molar-refractivity contribution in [1.82, 2.24) is 15.2 Å². The highest BCUT2D eigenvalue weighted by molar-refractivity contribution is 5.73. The van der Waals surface area contributed by atoms with Gasteiger partial charge in [-0.05, 0) is 86.6 Å². The van der Waals surface area contributed by atoms with Crippen LogP contribution in [-0.4, -0.2) is 60.1 Å². The molecule has 0 amide bonds. The number of aliphatic hydroxyl groups is 1. The number of aromatic nitrogens is 1. The third-order valence-electron chi connectivity index (χ3n) is 8.57. The summed E-state index contributed by atoms with van der Waals surface area (Å²) in [5.41, 5.74) is 8.37. The first-order chi connectivity index (χ1) is 19.7. The highest BCUT2D eigenvalue weighted by Gasteiger charge is 2.27. The van der Waals surface area contributed by atoms with Crippen molar-refractivity contribution in [3.8, 4) is 11.1 Å². The summed E-state index contributed by atoms with van der Waals surface area (Å²) in [6, 6.07) is 15.0. The first-order valence-electron chi connectivity index (χ1n) is 14.8. The molecule has 0 spiro atoms. The van der Waals surface area contributed by atoms with Gasteiger partial charge in [-0.2, -0.15) is 0 Å². The molecule has 1 atom stereocenters. The number of pyridine rings is 1. The van der Waals surface area contributed by atoms with E-state index in [1.807, 2.05) is 19.9 Å². The largest absolute Gasteiger partial charge is 0.381 e. The molecule has 5 rings (SSSR count). The summed E-state index contributed by atoms with van der Waals surface area (Å²) < 4.78 is 18.9. The Morgan fingerprint density at radius 1 is 1.10 bits per heavy atom. The van der Waals surface area contributed by atoms with Crippen molar-refractivity contribution in [1.29, 1.82) is 0 Å². The third kappa shape index (κ3) is 6.72. The standard InChI is InChI=1S/C33H43FN4O3/c1-5-38(28-10-12-41-13-11-28)31-16-26(25-8-6-24(7-9-25)18-37-19-27(34)20-37)15-29(23(31)4)32(39)35-17-30-21(2)14-22(3)36-33(30)40/h6-9,14-16,27-28,32,35,39H,5,10-13,17-20H2,1-4H3,(H,36,40). The minimum Gasteiger partial charge on any atom is -0.381 e. The average Bonchev–Trinajstić information content (AvgIpc) is 2.94. The van der Waals surface area contributed by atoms with Crippen LogP contribution in [0.5, 0.6) is 0 Å². The van der Waals surface area contributed by atoms with Crippen LogP contribution in [0, 0.1) is 20.8 Å². The molecule has 220 valence electrons. The summed E-state index contributed by atoms with van der Waals surface area (Å²) in [5.74, 6) is 0. The van der Waals surface area contributed by atoms with Crippen LogP contribution in [0.4, 0.5) is 10.1 Å². The zero-order valence-corrected chi connectivity index (χ0v) is 24.7. The van der Waals surface area contributed by atoms with Gasteiger partial charge >= 0.3 is 0 Å².